The van der Waals surface area contributed by atoms with Gasteiger partial charge in [0.15, 0.2) is 0 Å². The van der Waals surface area contributed by atoms with Crippen molar-refractivity contribution >= 4 is 31.9 Å². The van der Waals surface area contributed by atoms with Gasteiger partial charge in [0.2, 0.25) is 0 Å². The molecule has 0 fully saturated rings. The Kier molecular flexibility index (Phi) is 5.81. The van der Waals surface area contributed by atoms with E-state index in [0.717, 1.165) is 10.7 Å². The van der Waals surface area contributed by atoms with Crippen molar-refractivity contribution in [3.8, 4) is 0 Å². The maximum Gasteiger partial charge on any atom is 0.408 e. The summed E-state index contributed by atoms with van der Waals surface area (Å²) in [6.07, 6.45) is 0.495. The second kappa shape index (κ2) is 6.79. The van der Waals surface area contributed by atoms with Crippen molar-refractivity contribution in [1.82, 2.24) is 5.32 Å². The number of carbonyl (C=O) groups excluding carboxylic acids is 1. The Morgan fingerprint density at radius 1 is 1.29 bits per heavy atom. The van der Waals surface area contributed by atoms with Crippen LogP contribution in [0.4, 0.5) is 4.79 Å². The molecule has 0 heterocycles. The molecule has 21 heavy (non-hydrogen) atoms. The monoisotopic (exact) mass is 377 g/mol. The molecule has 1 aromatic rings. The van der Waals surface area contributed by atoms with E-state index < -0.39 is 27.6 Å². The summed E-state index contributed by atoms with van der Waals surface area (Å²) in [5.74, 6) is -0.187. The number of sulfone groups is 1. The van der Waals surface area contributed by atoms with E-state index in [1.807, 2.05) is 0 Å². The second-order valence-corrected chi connectivity index (χ2v) is 8.94. The Morgan fingerprint density at radius 2 is 1.81 bits per heavy atom. The molecule has 5 nitrogen and oxygen atoms in total. The van der Waals surface area contributed by atoms with Crippen LogP contribution in [0.15, 0.2) is 28.7 Å². The molecular formula is C14H20BrNO4S. The Morgan fingerprint density at radius 3 is 2.24 bits per heavy atom. The summed E-state index contributed by atoms with van der Waals surface area (Å²) in [7, 11) is -3.25. The van der Waals surface area contributed by atoms with Gasteiger partial charge < -0.3 is 10.1 Å². The fourth-order valence-electron chi connectivity index (χ4n) is 1.67. The molecule has 0 aliphatic rings. The number of rotatable bonds is 4. The zero-order valence-corrected chi connectivity index (χ0v) is 14.9. The van der Waals surface area contributed by atoms with Crippen LogP contribution < -0.4 is 5.32 Å². The van der Waals surface area contributed by atoms with Crippen LogP contribution in [-0.2, 0) is 14.6 Å². The van der Waals surface area contributed by atoms with Crippen molar-refractivity contribution in [1.29, 1.82) is 0 Å². The van der Waals surface area contributed by atoms with Gasteiger partial charge in [0.1, 0.15) is 15.4 Å². The number of halogens is 1. The molecule has 0 saturated carbocycles. The predicted molar refractivity (Wildman–Crippen MR) is 86.0 cm³/mol. The van der Waals surface area contributed by atoms with Gasteiger partial charge in [-0.05, 0) is 38.5 Å². The fraction of sp³-hybridized carbons (Fsp3) is 0.500. The summed E-state index contributed by atoms with van der Waals surface area (Å²) in [6.45, 7) is 5.24. The standard InChI is InChI=1S/C14H20BrNO4S/c1-14(2,3)20-13(17)16-12(9-21(4,18)19)10-5-7-11(15)8-6-10/h5-8,12H,9H2,1-4H3,(H,16,17). The second-order valence-electron chi connectivity index (χ2n) is 5.84. The number of benzene rings is 1. The zero-order valence-electron chi connectivity index (χ0n) is 12.5. The molecular weight excluding hydrogens is 358 g/mol. The number of alkyl carbamates (subject to hydrolysis) is 1. The summed E-state index contributed by atoms with van der Waals surface area (Å²) < 4.78 is 29.1. The summed E-state index contributed by atoms with van der Waals surface area (Å²) in [5, 5.41) is 2.61. The van der Waals surface area contributed by atoms with E-state index in [9.17, 15) is 13.2 Å². The third-order valence-corrected chi connectivity index (χ3v) is 3.90. The minimum absolute atomic E-state index is 0.187. The lowest BCUT2D eigenvalue weighted by molar-refractivity contribution is 0.0509. The van der Waals surface area contributed by atoms with Gasteiger partial charge in [0.05, 0.1) is 11.8 Å². The number of amides is 1. The summed E-state index contributed by atoms with van der Waals surface area (Å²) in [6, 6.07) is 6.46. The molecule has 1 rings (SSSR count). The van der Waals surface area contributed by atoms with Crippen LogP contribution in [0.1, 0.15) is 32.4 Å². The number of nitrogens with one attached hydrogen (secondary N) is 1. The van der Waals surface area contributed by atoms with Crippen LogP contribution in [0, 0.1) is 0 Å². The molecule has 0 radical (unpaired) electrons. The first-order chi connectivity index (χ1) is 9.46. The topological polar surface area (TPSA) is 72.5 Å². The van der Waals surface area contributed by atoms with Gasteiger partial charge in [-0.2, -0.15) is 0 Å². The van der Waals surface area contributed by atoms with Crippen LogP contribution in [-0.4, -0.2) is 32.1 Å². The molecule has 0 bridgehead atoms. The van der Waals surface area contributed by atoms with Crippen molar-refractivity contribution < 1.29 is 17.9 Å². The summed E-state index contributed by atoms with van der Waals surface area (Å²) in [5.41, 5.74) is 0.0638. The van der Waals surface area contributed by atoms with E-state index in [-0.39, 0.29) is 5.75 Å². The maximum atomic E-state index is 11.9. The van der Waals surface area contributed by atoms with E-state index in [1.54, 1.807) is 45.0 Å². The number of hydrogen-bond acceptors (Lipinski definition) is 4. The molecule has 1 aromatic carbocycles. The van der Waals surface area contributed by atoms with Gasteiger partial charge in [-0.1, -0.05) is 28.1 Å². The Labute approximate surface area is 134 Å². The third-order valence-electron chi connectivity index (χ3n) is 2.43. The van der Waals surface area contributed by atoms with Crippen LogP contribution in [0.2, 0.25) is 0 Å². The lowest BCUT2D eigenvalue weighted by Crippen LogP contribution is -2.37. The highest BCUT2D eigenvalue weighted by atomic mass is 79.9. The Bertz CT molecular complexity index is 590. The fourth-order valence-corrected chi connectivity index (χ4v) is 2.81. The van der Waals surface area contributed by atoms with E-state index in [1.165, 1.54) is 0 Å². The highest BCUT2D eigenvalue weighted by Gasteiger charge is 2.23. The molecule has 1 unspecified atom stereocenters. The van der Waals surface area contributed by atoms with Crippen molar-refractivity contribution in [2.75, 3.05) is 12.0 Å². The molecule has 7 heteroatoms. The zero-order chi connectivity index (χ0) is 16.3. The molecule has 0 saturated heterocycles. The first kappa shape index (κ1) is 18.0. The molecule has 1 atom stereocenters. The SMILES string of the molecule is CC(C)(C)OC(=O)NC(CS(C)(=O)=O)c1ccc(Br)cc1. The van der Waals surface area contributed by atoms with Gasteiger partial charge in [0, 0.05) is 10.7 Å². The van der Waals surface area contributed by atoms with Crippen molar-refractivity contribution in [2.45, 2.75) is 32.4 Å². The minimum atomic E-state index is -3.25. The van der Waals surface area contributed by atoms with Crippen LogP contribution in [0.25, 0.3) is 0 Å². The average molecular weight is 378 g/mol. The minimum Gasteiger partial charge on any atom is -0.444 e. The summed E-state index contributed by atoms with van der Waals surface area (Å²) >= 11 is 3.32. The molecule has 1 N–H and O–H groups in total. The van der Waals surface area contributed by atoms with Gasteiger partial charge in [-0.15, -0.1) is 0 Å². The van der Waals surface area contributed by atoms with Crippen molar-refractivity contribution in [3.63, 3.8) is 0 Å². The maximum absolute atomic E-state index is 11.9. The normalized spacial score (nSPS) is 13.6. The van der Waals surface area contributed by atoms with Gasteiger partial charge in [-0.3, -0.25) is 0 Å². The smallest absolute Gasteiger partial charge is 0.408 e. The number of ether oxygens (including phenoxy) is 1. The highest BCUT2D eigenvalue weighted by Crippen LogP contribution is 2.19. The molecule has 0 aromatic heterocycles. The lowest BCUT2D eigenvalue weighted by Gasteiger charge is -2.23. The Hall–Kier alpha value is -1.08. The molecule has 118 valence electrons. The van der Waals surface area contributed by atoms with Crippen molar-refractivity contribution in [3.05, 3.63) is 34.3 Å². The van der Waals surface area contributed by atoms with Gasteiger partial charge in [-0.25, -0.2) is 13.2 Å². The molecule has 0 aliphatic carbocycles. The highest BCUT2D eigenvalue weighted by molar-refractivity contribution is 9.10. The van der Waals surface area contributed by atoms with Gasteiger partial charge >= 0.3 is 6.09 Å². The number of hydrogen-bond donors (Lipinski definition) is 1. The number of carbonyl (C=O) groups is 1. The average Bonchev–Trinajstić information content (AvgIpc) is 2.24. The lowest BCUT2D eigenvalue weighted by atomic mass is 10.1. The molecule has 0 spiro atoms. The van der Waals surface area contributed by atoms with E-state index in [4.69, 9.17) is 4.74 Å². The van der Waals surface area contributed by atoms with E-state index >= 15 is 0 Å². The van der Waals surface area contributed by atoms with E-state index in [2.05, 4.69) is 21.2 Å². The van der Waals surface area contributed by atoms with Crippen LogP contribution >= 0.6 is 15.9 Å². The van der Waals surface area contributed by atoms with E-state index in [0.29, 0.717) is 5.56 Å². The Balaban J connectivity index is 2.93. The van der Waals surface area contributed by atoms with Crippen molar-refractivity contribution in [2.24, 2.45) is 0 Å². The summed E-state index contributed by atoms with van der Waals surface area (Å²) in [4.78, 5) is 11.9. The first-order valence-electron chi connectivity index (χ1n) is 6.39. The predicted octanol–water partition coefficient (Wildman–Crippen LogP) is 3.06. The third kappa shape index (κ3) is 7.47. The van der Waals surface area contributed by atoms with Crippen LogP contribution in [0.5, 0.6) is 0 Å². The molecule has 0 aliphatic heterocycles. The quantitative estimate of drug-likeness (QED) is 0.874. The largest absolute Gasteiger partial charge is 0.444 e. The first-order valence-corrected chi connectivity index (χ1v) is 9.24. The van der Waals surface area contributed by atoms with Gasteiger partial charge in [0.25, 0.3) is 0 Å². The van der Waals surface area contributed by atoms with Crippen LogP contribution in [0.3, 0.4) is 0 Å². The molecule has 1 amide bonds.